The molecule has 0 aromatic carbocycles. The molecule has 0 radical (unpaired) electrons. The molecule has 4 heteroatoms. The molecule has 3 atom stereocenters. The van der Waals surface area contributed by atoms with E-state index in [0.29, 0.717) is 5.25 Å². The average Bonchev–Trinajstić information content (AvgIpc) is 1.98. The van der Waals surface area contributed by atoms with Crippen LogP contribution in [0.4, 0.5) is 0 Å². The predicted octanol–water partition coefficient (Wildman–Crippen LogP) is 2.07. The molecule has 0 spiro atoms. The van der Waals surface area contributed by atoms with Crippen molar-refractivity contribution in [1.29, 1.82) is 0 Å². The van der Waals surface area contributed by atoms with Gasteiger partial charge in [0.2, 0.25) is 0 Å². The lowest BCUT2D eigenvalue weighted by Crippen LogP contribution is -2.33. The summed E-state index contributed by atoms with van der Waals surface area (Å²) >= 11 is 0. The summed E-state index contributed by atoms with van der Waals surface area (Å²) in [5.74, 6) is 3.58. The third-order valence-corrected chi connectivity index (χ3v) is 7.62. The van der Waals surface area contributed by atoms with Crippen molar-refractivity contribution in [1.82, 2.24) is 0 Å². The van der Waals surface area contributed by atoms with Gasteiger partial charge in [0.15, 0.2) is 0 Å². The highest BCUT2D eigenvalue weighted by Crippen LogP contribution is 2.46. The standard InChI is InChI=1S/C7H10OS3/c1-4-7(3)5-9-11(8)10-6(7)2/h1,6H,5H2,2-3H3. The van der Waals surface area contributed by atoms with Crippen LogP contribution in [0.5, 0.6) is 0 Å². The van der Waals surface area contributed by atoms with Crippen LogP contribution >= 0.6 is 21.6 Å². The molecule has 0 N–H and O–H groups in total. The van der Waals surface area contributed by atoms with E-state index in [2.05, 4.69) is 5.92 Å². The lowest BCUT2D eigenvalue weighted by atomic mass is 9.91. The summed E-state index contributed by atoms with van der Waals surface area (Å²) in [6.45, 7) is 4.09. The van der Waals surface area contributed by atoms with Gasteiger partial charge in [0.1, 0.15) is 21.6 Å². The highest BCUT2D eigenvalue weighted by molar-refractivity contribution is 9.05. The van der Waals surface area contributed by atoms with Crippen LogP contribution in [-0.2, 0) is 9.24 Å². The Balaban J connectivity index is 2.66. The third-order valence-electron chi connectivity index (χ3n) is 1.90. The van der Waals surface area contributed by atoms with Crippen molar-refractivity contribution in [2.45, 2.75) is 19.1 Å². The first-order valence-corrected chi connectivity index (χ1v) is 7.33. The molecular formula is C7H10OS3. The van der Waals surface area contributed by atoms with Gasteiger partial charge in [-0.2, -0.15) is 0 Å². The first-order valence-electron chi connectivity index (χ1n) is 3.28. The molecule has 62 valence electrons. The number of rotatable bonds is 0. The van der Waals surface area contributed by atoms with Crippen LogP contribution in [0.1, 0.15) is 13.8 Å². The van der Waals surface area contributed by atoms with Gasteiger partial charge in [0.05, 0.1) is 25.7 Å². The van der Waals surface area contributed by atoms with Crippen molar-refractivity contribution < 1.29 is 4.55 Å². The average molecular weight is 206 g/mol. The molecule has 1 aliphatic heterocycles. The van der Waals surface area contributed by atoms with Gasteiger partial charge in [-0.05, 0) is 13.8 Å². The van der Waals surface area contributed by atoms with E-state index in [1.54, 1.807) is 0 Å². The van der Waals surface area contributed by atoms with Gasteiger partial charge in [0, 0.05) is 0 Å². The highest BCUT2D eigenvalue weighted by atomic mass is 33.5. The lowest BCUT2D eigenvalue weighted by Gasteiger charge is -2.31. The molecule has 0 amide bonds. The second kappa shape index (κ2) is 3.53. The number of hydrogen-bond donors (Lipinski definition) is 0. The van der Waals surface area contributed by atoms with Crippen molar-refractivity contribution in [2.24, 2.45) is 5.41 Å². The van der Waals surface area contributed by atoms with Gasteiger partial charge in [-0.1, -0.05) is 5.92 Å². The fourth-order valence-electron chi connectivity index (χ4n) is 0.699. The van der Waals surface area contributed by atoms with Gasteiger partial charge < -0.3 is 4.55 Å². The van der Waals surface area contributed by atoms with Crippen LogP contribution in [0.25, 0.3) is 0 Å². The fourth-order valence-corrected chi connectivity index (χ4v) is 6.66. The highest BCUT2D eigenvalue weighted by Gasteiger charge is 2.41. The molecular weight excluding hydrogens is 196 g/mol. The molecule has 3 unspecified atom stereocenters. The van der Waals surface area contributed by atoms with Gasteiger partial charge in [-0.25, -0.2) is 0 Å². The van der Waals surface area contributed by atoms with E-state index in [-0.39, 0.29) is 5.41 Å². The van der Waals surface area contributed by atoms with E-state index < -0.39 is 9.24 Å². The first kappa shape index (κ1) is 9.66. The van der Waals surface area contributed by atoms with Crippen molar-refractivity contribution >= 4 is 30.8 Å². The Bertz CT molecular complexity index is 189. The van der Waals surface area contributed by atoms with Gasteiger partial charge in [-0.15, -0.1) is 6.42 Å². The minimum absolute atomic E-state index is 0.0801. The minimum Gasteiger partial charge on any atom is -0.594 e. The number of terminal acetylenes is 1. The van der Waals surface area contributed by atoms with E-state index >= 15 is 0 Å². The molecule has 1 rings (SSSR count). The Kier molecular flexibility index (Phi) is 3.10. The summed E-state index contributed by atoms with van der Waals surface area (Å²) in [7, 11) is 2.13. The summed E-state index contributed by atoms with van der Waals surface area (Å²) in [4.78, 5) is 0. The van der Waals surface area contributed by atoms with Gasteiger partial charge >= 0.3 is 0 Å². The summed E-state index contributed by atoms with van der Waals surface area (Å²) in [6, 6.07) is 0. The topological polar surface area (TPSA) is 23.1 Å². The third kappa shape index (κ3) is 2.03. The summed E-state index contributed by atoms with van der Waals surface area (Å²) in [6.07, 6.45) is 5.40. The maximum Gasteiger partial charge on any atom is 0.108 e. The van der Waals surface area contributed by atoms with E-state index in [4.69, 9.17) is 6.42 Å². The molecule has 0 saturated carbocycles. The maximum atomic E-state index is 11.0. The molecule has 11 heavy (non-hydrogen) atoms. The smallest absolute Gasteiger partial charge is 0.108 e. The van der Waals surface area contributed by atoms with Crippen molar-refractivity contribution in [3.63, 3.8) is 0 Å². The van der Waals surface area contributed by atoms with Crippen LogP contribution in [0.15, 0.2) is 0 Å². The Morgan fingerprint density at radius 2 is 2.45 bits per heavy atom. The lowest BCUT2D eigenvalue weighted by molar-refractivity contribution is 0.510. The SMILES string of the molecule is C#CC1(C)CS[S+]([O-])SC1C. The largest absolute Gasteiger partial charge is 0.594 e. The predicted molar refractivity (Wildman–Crippen MR) is 54.6 cm³/mol. The van der Waals surface area contributed by atoms with Crippen LogP contribution < -0.4 is 0 Å². The molecule has 0 bridgehead atoms. The summed E-state index contributed by atoms with van der Waals surface area (Å²) in [5, 5.41) is 0.301. The van der Waals surface area contributed by atoms with Gasteiger partial charge in [0.25, 0.3) is 0 Å². The molecule has 0 aliphatic carbocycles. The van der Waals surface area contributed by atoms with Gasteiger partial charge in [-0.3, -0.25) is 0 Å². The van der Waals surface area contributed by atoms with Crippen LogP contribution in [0.2, 0.25) is 0 Å². The van der Waals surface area contributed by atoms with Crippen LogP contribution in [0, 0.1) is 17.8 Å². The zero-order valence-corrected chi connectivity index (χ0v) is 8.94. The monoisotopic (exact) mass is 206 g/mol. The molecule has 1 saturated heterocycles. The molecule has 1 aliphatic rings. The molecule has 1 fully saturated rings. The zero-order valence-electron chi connectivity index (χ0n) is 6.49. The Morgan fingerprint density at radius 3 is 2.91 bits per heavy atom. The normalized spacial score (nSPS) is 44.9. The van der Waals surface area contributed by atoms with Crippen LogP contribution in [-0.4, -0.2) is 15.6 Å². The Hall–Kier alpha value is 0.570. The van der Waals surface area contributed by atoms with E-state index in [1.165, 1.54) is 21.6 Å². The van der Waals surface area contributed by atoms with Crippen LogP contribution in [0.3, 0.4) is 0 Å². The molecule has 1 heterocycles. The van der Waals surface area contributed by atoms with Crippen molar-refractivity contribution in [3.8, 4) is 12.3 Å². The quantitative estimate of drug-likeness (QED) is 0.344. The Morgan fingerprint density at radius 1 is 1.82 bits per heavy atom. The van der Waals surface area contributed by atoms with E-state index in [1.807, 2.05) is 13.8 Å². The van der Waals surface area contributed by atoms with E-state index in [9.17, 15) is 4.55 Å². The summed E-state index contributed by atoms with van der Waals surface area (Å²) in [5.41, 5.74) is -0.0801. The molecule has 1 nitrogen and oxygen atoms in total. The van der Waals surface area contributed by atoms with Crippen molar-refractivity contribution in [2.75, 3.05) is 5.75 Å². The van der Waals surface area contributed by atoms with E-state index in [0.717, 1.165) is 5.75 Å². The molecule has 0 aromatic rings. The Labute approximate surface area is 78.1 Å². The number of hydrogen-bond acceptors (Lipinski definition) is 3. The molecule has 0 aromatic heterocycles. The summed E-state index contributed by atoms with van der Waals surface area (Å²) < 4.78 is 11.0. The van der Waals surface area contributed by atoms with Crippen molar-refractivity contribution in [3.05, 3.63) is 0 Å². The minimum atomic E-state index is -0.781. The second-order valence-electron chi connectivity index (χ2n) is 2.77. The fraction of sp³-hybridized carbons (Fsp3) is 0.714. The maximum absolute atomic E-state index is 11.0. The zero-order chi connectivity index (χ0) is 8.48. The second-order valence-corrected chi connectivity index (χ2v) is 8.33. The first-order chi connectivity index (χ1) is 5.08.